The van der Waals surface area contributed by atoms with E-state index in [1.165, 1.54) is 6.07 Å². The van der Waals surface area contributed by atoms with E-state index in [-0.39, 0.29) is 17.7 Å². The second kappa shape index (κ2) is 4.19. The molecule has 1 aromatic rings. The minimum atomic E-state index is -0.454. The third kappa shape index (κ3) is 2.29. The number of halogens is 1. The quantitative estimate of drug-likeness (QED) is 0.812. The van der Waals surface area contributed by atoms with Crippen molar-refractivity contribution in [3.05, 3.63) is 29.6 Å². The summed E-state index contributed by atoms with van der Waals surface area (Å²) in [5.41, 5.74) is 0.957. The first-order valence-corrected chi connectivity index (χ1v) is 5.27. The van der Waals surface area contributed by atoms with Crippen LogP contribution >= 0.6 is 0 Å². The Balaban J connectivity index is 2.12. The highest BCUT2D eigenvalue weighted by Gasteiger charge is 2.27. The lowest BCUT2D eigenvalue weighted by Crippen LogP contribution is -2.26. The molecule has 0 amide bonds. The van der Waals surface area contributed by atoms with E-state index in [4.69, 9.17) is 4.74 Å². The summed E-state index contributed by atoms with van der Waals surface area (Å²) in [4.78, 5) is 0. The van der Waals surface area contributed by atoms with Gasteiger partial charge in [0.15, 0.2) is 11.6 Å². The molecule has 1 aromatic carbocycles. The van der Waals surface area contributed by atoms with Crippen LogP contribution in [0.25, 0.3) is 0 Å². The van der Waals surface area contributed by atoms with Crippen molar-refractivity contribution < 1.29 is 14.2 Å². The third-order valence-corrected chi connectivity index (χ3v) is 2.78. The van der Waals surface area contributed by atoms with Crippen LogP contribution in [0.1, 0.15) is 24.8 Å². The molecular weight excluding hydrogens is 195 g/mol. The molecule has 2 nitrogen and oxygen atoms in total. The van der Waals surface area contributed by atoms with E-state index in [1.54, 1.807) is 12.1 Å². The van der Waals surface area contributed by atoms with Crippen LogP contribution < -0.4 is 4.74 Å². The average Bonchev–Trinajstić information content (AvgIpc) is 2.58. The van der Waals surface area contributed by atoms with Crippen molar-refractivity contribution in [2.75, 3.05) is 0 Å². The van der Waals surface area contributed by atoms with Gasteiger partial charge in [0.05, 0.1) is 6.10 Å². The number of aliphatic hydroxyl groups is 1. The maximum Gasteiger partial charge on any atom is 0.165 e. The smallest absolute Gasteiger partial charge is 0.165 e. The zero-order valence-corrected chi connectivity index (χ0v) is 8.74. The molecule has 2 unspecified atom stereocenters. The van der Waals surface area contributed by atoms with E-state index >= 15 is 0 Å². The highest BCUT2D eigenvalue weighted by molar-refractivity contribution is 5.29. The van der Waals surface area contributed by atoms with E-state index in [0.717, 1.165) is 24.8 Å². The molecular formula is C12H15FO2. The van der Waals surface area contributed by atoms with Crippen LogP contribution in [-0.2, 0) is 0 Å². The molecule has 0 bridgehead atoms. The van der Waals surface area contributed by atoms with Crippen LogP contribution in [0, 0.1) is 12.7 Å². The molecule has 0 aliphatic heterocycles. The van der Waals surface area contributed by atoms with Crippen LogP contribution in [0.15, 0.2) is 18.2 Å². The Kier molecular flexibility index (Phi) is 2.91. The van der Waals surface area contributed by atoms with Crippen LogP contribution in [0.5, 0.6) is 5.75 Å². The highest BCUT2D eigenvalue weighted by Crippen LogP contribution is 2.26. The van der Waals surface area contributed by atoms with Gasteiger partial charge in [0.2, 0.25) is 0 Å². The molecule has 1 aliphatic rings. The molecule has 1 saturated carbocycles. The molecule has 0 heterocycles. The summed E-state index contributed by atoms with van der Waals surface area (Å²) in [6.45, 7) is 1.89. The molecule has 1 aliphatic carbocycles. The largest absolute Gasteiger partial charge is 0.485 e. The van der Waals surface area contributed by atoms with E-state index in [9.17, 15) is 9.50 Å². The van der Waals surface area contributed by atoms with Gasteiger partial charge >= 0.3 is 0 Å². The monoisotopic (exact) mass is 210 g/mol. The van der Waals surface area contributed by atoms with E-state index < -0.39 is 6.10 Å². The van der Waals surface area contributed by atoms with E-state index in [0.29, 0.717) is 0 Å². The Labute approximate surface area is 88.7 Å². The van der Waals surface area contributed by atoms with Crippen molar-refractivity contribution >= 4 is 0 Å². The van der Waals surface area contributed by atoms with Gasteiger partial charge < -0.3 is 9.84 Å². The molecule has 15 heavy (non-hydrogen) atoms. The number of benzene rings is 1. The predicted molar refractivity (Wildman–Crippen MR) is 55.4 cm³/mol. The predicted octanol–water partition coefficient (Wildman–Crippen LogP) is 2.43. The Morgan fingerprint density at radius 1 is 1.40 bits per heavy atom. The molecule has 3 heteroatoms. The fourth-order valence-corrected chi connectivity index (χ4v) is 1.91. The maximum atomic E-state index is 13.3. The topological polar surface area (TPSA) is 29.5 Å². The summed E-state index contributed by atoms with van der Waals surface area (Å²) in [5, 5.41) is 9.56. The fraction of sp³-hybridized carbons (Fsp3) is 0.500. The van der Waals surface area contributed by atoms with Gasteiger partial charge in [0.1, 0.15) is 6.10 Å². The first kappa shape index (κ1) is 10.4. The summed E-state index contributed by atoms with van der Waals surface area (Å²) >= 11 is 0. The van der Waals surface area contributed by atoms with Gasteiger partial charge in [-0.3, -0.25) is 0 Å². The molecule has 2 atom stereocenters. The van der Waals surface area contributed by atoms with Crippen molar-refractivity contribution in [1.29, 1.82) is 0 Å². The first-order chi connectivity index (χ1) is 7.16. The average molecular weight is 210 g/mol. The minimum absolute atomic E-state index is 0.249. The van der Waals surface area contributed by atoms with Crippen molar-refractivity contribution in [2.24, 2.45) is 0 Å². The van der Waals surface area contributed by atoms with Crippen LogP contribution in [0.3, 0.4) is 0 Å². The normalized spacial score (nSPS) is 25.5. The Hall–Kier alpha value is -1.09. The Morgan fingerprint density at radius 2 is 2.20 bits per heavy atom. The van der Waals surface area contributed by atoms with E-state index in [1.807, 2.05) is 6.92 Å². The molecule has 1 fully saturated rings. The van der Waals surface area contributed by atoms with Crippen molar-refractivity contribution in [2.45, 2.75) is 38.4 Å². The number of ether oxygens (including phenoxy) is 1. The molecule has 82 valence electrons. The van der Waals surface area contributed by atoms with Gasteiger partial charge in [0, 0.05) is 0 Å². The summed E-state index contributed by atoms with van der Waals surface area (Å²) in [6, 6.07) is 4.76. The lowest BCUT2D eigenvalue weighted by Gasteiger charge is -2.17. The summed E-state index contributed by atoms with van der Waals surface area (Å²) in [5.74, 6) is -0.111. The number of hydrogen-bond acceptors (Lipinski definition) is 2. The SMILES string of the molecule is Cc1ccc(F)c(OC2CCCC2O)c1. The standard InChI is InChI=1S/C12H15FO2/c1-8-5-6-9(13)12(7-8)15-11-4-2-3-10(11)14/h5-7,10-11,14H,2-4H2,1H3. The van der Waals surface area contributed by atoms with Gasteiger partial charge in [0.25, 0.3) is 0 Å². The molecule has 0 radical (unpaired) electrons. The third-order valence-electron chi connectivity index (χ3n) is 2.78. The number of aryl methyl sites for hydroxylation is 1. The number of rotatable bonds is 2. The Morgan fingerprint density at radius 3 is 2.87 bits per heavy atom. The number of aliphatic hydroxyl groups excluding tert-OH is 1. The molecule has 1 N–H and O–H groups in total. The van der Waals surface area contributed by atoms with Gasteiger partial charge in [-0.15, -0.1) is 0 Å². The Bertz CT molecular complexity index is 351. The summed E-state index contributed by atoms with van der Waals surface area (Å²) in [7, 11) is 0. The van der Waals surface area contributed by atoms with Crippen molar-refractivity contribution in [1.82, 2.24) is 0 Å². The lowest BCUT2D eigenvalue weighted by molar-refractivity contribution is 0.0578. The van der Waals surface area contributed by atoms with Gasteiger partial charge in [-0.25, -0.2) is 4.39 Å². The molecule has 0 spiro atoms. The van der Waals surface area contributed by atoms with E-state index in [2.05, 4.69) is 0 Å². The second-order valence-electron chi connectivity index (χ2n) is 4.09. The fourth-order valence-electron chi connectivity index (χ4n) is 1.91. The van der Waals surface area contributed by atoms with Crippen molar-refractivity contribution in [3.63, 3.8) is 0 Å². The lowest BCUT2D eigenvalue weighted by atomic mass is 10.2. The molecule has 0 aromatic heterocycles. The van der Waals surface area contributed by atoms with Gasteiger partial charge in [-0.2, -0.15) is 0 Å². The summed E-state index contributed by atoms with van der Waals surface area (Å²) < 4.78 is 18.8. The van der Waals surface area contributed by atoms with Crippen LogP contribution in [0.4, 0.5) is 4.39 Å². The molecule has 0 saturated heterocycles. The van der Waals surface area contributed by atoms with Gasteiger partial charge in [-0.05, 0) is 43.9 Å². The number of hydrogen-bond donors (Lipinski definition) is 1. The minimum Gasteiger partial charge on any atom is -0.485 e. The van der Waals surface area contributed by atoms with Crippen LogP contribution in [-0.4, -0.2) is 17.3 Å². The second-order valence-corrected chi connectivity index (χ2v) is 4.09. The summed E-state index contributed by atoms with van der Waals surface area (Å²) in [6.07, 6.45) is 1.79. The molecule has 2 rings (SSSR count). The zero-order valence-electron chi connectivity index (χ0n) is 8.74. The zero-order chi connectivity index (χ0) is 10.8. The van der Waals surface area contributed by atoms with Crippen molar-refractivity contribution in [3.8, 4) is 5.75 Å². The van der Waals surface area contributed by atoms with Crippen LogP contribution in [0.2, 0.25) is 0 Å². The maximum absolute atomic E-state index is 13.3. The first-order valence-electron chi connectivity index (χ1n) is 5.27. The van der Waals surface area contributed by atoms with Gasteiger partial charge in [-0.1, -0.05) is 6.07 Å². The highest BCUT2D eigenvalue weighted by atomic mass is 19.1.